The van der Waals surface area contributed by atoms with Crippen molar-refractivity contribution < 1.29 is 9.59 Å². The minimum atomic E-state index is -0.0291. The average Bonchev–Trinajstić information content (AvgIpc) is 3.54. The number of para-hydroxylation sites is 1. The zero-order chi connectivity index (χ0) is 22.8. The Balaban J connectivity index is 1.32. The van der Waals surface area contributed by atoms with E-state index in [0.29, 0.717) is 24.6 Å². The summed E-state index contributed by atoms with van der Waals surface area (Å²) in [6.45, 7) is 5.20. The van der Waals surface area contributed by atoms with Crippen LogP contribution < -0.4 is 0 Å². The van der Waals surface area contributed by atoms with E-state index in [-0.39, 0.29) is 17.7 Å². The Labute approximate surface area is 194 Å². The van der Waals surface area contributed by atoms with Crippen molar-refractivity contribution in [1.29, 1.82) is 0 Å². The first-order chi connectivity index (χ1) is 16.1. The minimum Gasteiger partial charge on any atom is -0.342 e. The summed E-state index contributed by atoms with van der Waals surface area (Å²) in [7, 11) is 0. The zero-order valence-corrected chi connectivity index (χ0v) is 19.1. The van der Waals surface area contributed by atoms with Crippen LogP contribution in [0.25, 0.3) is 11.5 Å². The van der Waals surface area contributed by atoms with Crippen molar-refractivity contribution in [2.24, 2.45) is 11.8 Å². The predicted molar refractivity (Wildman–Crippen MR) is 126 cm³/mol. The highest BCUT2D eigenvalue weighted by Gasteiger charge is 2.33. The average molecular weight is 446 g/mol. The van der Waals surface area contributed by atoms with Crippen LogP contribution in [0.3, 0.4) is 0 Å². The molecular formula is C26H31N5O2. The lowest BCUT2D eigenvalue weighted by Gasteiger charge is -2.36. The molecule has 0 N–H and O–H groups in total. The third-order valence-corrected chi connectivity index (χ3v) is 7.05. The SMILES string of the molecule is CC1CCN(C(=O)C2CCN(C(=O)c3cnn(-c4ccccc4)c3-n3cccc3)CC2)CC1. The van der Waals surface area contributed by atoms with Crippen LogP contribution in [0.4, 0.5) is 0 Å². The smallest absolute Gasteiger partial charge is 0.259 e. The summed E-state index contributed by atoms with van der Waals surface area (Å²) in [6, 6.07) is 13.7. The van der Waals surface area contributed by atoms with Crippen molar-refractivity contribution in [3.05, 3.63) is 66.6 Å². The van der Waals surface area contributed by atoms with E-state index >= 15 is 0 Å². The number of amides is 2. The summed E-state index contributed by atoms with van der Waals surface area (Å²) in [4.78, 5) is 30.4. The van der Waals surface area contributed by atoms with Gasteiger partial charge in [-0.15, -0.1) is 0 Å². The van der Waals surface area contributed by atoms with E-state index in [1.807, 2.05) is 69.2 Å². The molecule has 0 radical (unpaired) electrons. The number of benzene rings is 1. The number of piperidine rings is 2. The summed E-state index contributed by atoms with van der Waals surface area (Å²) in [6.07, 6.45) is 9.16. The molecule has 0 saturated carbocycles. The van der Waals surface area contributed by atoms with Crippen LogP contribution in [0.15, 0.2) is 61.1 Å². The monoisotopic (exact) mass is 445 g/mol. The molecule has 0 aliphatic carbocycles. The first kappa shape index (κ1) is 21.5. The largest absolute Gasteiger partial charge is 0.342 e. The lowest BCUT2D eigenvalue weighted by Crippen LogP contribution is -2.46. The third-order valence-electron chi connectivity index (χ3n) is 7.05. The number of hydrogen-bond donors (Lipinski definition) is 0. The molecule has 4 heterocycles. The van der Waals surface area contributed by atoms with Crippen molar-refractivity contribution in [2.45, 2.75) is 32.6 Å². The van der Waals surface area contributed by atoms with Gasteiger partial charge in [0.25, 0.3) is 5.91 Å². The Morgan fingerprint density at radius 2 is 1.48 bits per heavy atom. The third kappa shape index (κ3) is 4.32. The molecule has 2 aromatic heterocycles. The summed E-state index contributed by atoms with van der Waals surface area (Å²) in [5.41, 5.74) is 1.48. The molecule has 7 nitrogen and oxygen atoms in total. The molecule has 7 heteroatoms. The Bertz CT molecular complexity index is 1090. The van der Waals surface area contributed by atoms with Crippen LogP contribution in [0.1, 0.15) is 43.0 Å². The van der Waals surface area contributed by atoms with E-state index in [4.69, 9.17) is 0 Å². The molecule has 2 fully saturated rings. The van der Waals surface area contributed by atoms with E-state index in [2.05, 4.69) is 12.0 Å². The summed E-state index contributed by atoms with van der Waals surface area (Å²) < 4.78 is 3.74. The fourth-order valence-electron chi connectivity index (χ4n) is 4.96. The maximum Gasteiger partial charge on any atom is 0.259 e. The van der Waals surface area contributed by atoms with Crippen molar-refractivity contribution >= 4 is 11.8 Å². The molecule has 1 aromatic carbocycles. The van der Waals surface area contributed by atoms with Crippen molar-refractivity contribution in [2.75, 3.05) is 26.2 Å². The molecule has 5 rings (SSSR count). The van der Waals surface area contributed by atoms with Gasteiger partial charge in [0.15, 0.2) is 5.82 Å². The van der Waals surface area contributed by atoms with Gasteiger partial charge in [-0.25, -0.2) is 4.68 Å². The molecule has 172 valence electrons. The van der Waals surface area contributed by atoms with E-state index in [1.165, 1.54) is 0 Å². The van der Waals surface area contributed by atoms with Gasteiger partial charge in [0.05, 0.1) is 11.9 Å². The Kier molecular flexibility index (Phi) is 6.03. The van der Waals surface area contributed by atoms with Crippen LogP contribution in [-0.2, 0) is 4.79 Å². The molecule has 33 heavy (non-hydrogen) atoms. The van der Waals surface area contributed by atoms with Gasteiger partial charge < -0.3 is 14.4 Å². The molecule has 3 aromatic rings. The Morgan fingerprint density at radius 3 is 2.15 bits per heavy atom. The van der Waals surface area contributed by atoms with Crippen LogP contribution in [0, 0.1) is 11.8 Å². The van der Waals surface area contributed by atoms with Crippen LogP contribution >= 0.6 is 0 Å². The van der Waals surface area contributed by atoms with E-state index < -0.39 is 0 Å². The molecule has 2 amide bonds. The first-order valence-corrected chi connectivity index (χ1v) is 12.0. The van der Waals surface area contributed by atoms with E-state index in [0.717, 1.165) is 50.3 Å². The van der Waals surface area contributed by atoms with Gasteiger partial charge in [0.2, 0.25) is 5.91 Å². The number of carbonyl (C=O) groups excluding carboxylic acids is 2. The first-order valence-electron chi connectivity index (χ1n) is 12.0. The molecule has 2 aliphatic heterocycles. The number of carbonyl (C=O) groups is 2. The lowest BCUT2D eigenvalue weighted by atomic mass is 9.92. The molecular weight excluding hydrogens is 414 g/mol. The van der Waals surface area contributed by atoms with Crippen LogP contribution in [0.2, 0.25) is 0 Å². The molecule has 0 atom stereocenters. The fraction of sp³-hybridized carbons (Fsp3) is 0.423. The van der Waals surface area contributed by atoms with E-state index in [9.17, 15) is 9.59 Å². The Morgan fingerprint density at radius 1 is 0.848 bits per heavy atom. The molecule has 0 unspecified atom stereocenters. The summed E-state index contributed by atoms with van der Waals surface area (Å²) >= 11 is 0. The van der Waals surface area contributed by atoms with Crippen LogP contribution in [-0.4, -0.2) is 62.1 Å². The van der Waals surface area contributed by atoms with Gasteiger partial charge in [-0.1, -0.05) is 25.1 Å². The topological polar surface area (TPSA) is 63.4 Å². The van der Waals surface area contributed by atoms with Gasteiger partial charge in [0, 0.05) is 44.5 Å². The maximum absolute atomic E-state index is 13.5. The number of aromatic nitrogens is 3. The van der Waals surface area contributed by atoms with E-state index in [1.54, 1.807) is 10.9 Å². The highest BCUT2D eigenvalue weighted by molar-refractivity contribution is 5.97. The van der Waals surface area contributed by atoms with Gasteiger partial charge >= 0.3 is 0 Å². The molecule has 2 saturated heterocycles. The standard InChI is InChI=1S/C26H31N5O2/c1-20-9-15-29(16-10-20)25(32)21-11-17-30(18-12-21)26(33)23-19-27-31(22-7-3-2-4-8-22)24(23)28-13-5-6-14-28/h2-8,13-14,19-21H,9-12,15-18H2,1H3. The normalized spacial score (nSPS) is 18.0. The predicted octanol–water partition coefficient (Wildman–Crippen LogP) is 3.77. The summed E-state index contributed by atoms with van der Waals surface area (Å²) in [5.74, 6) is 1.72. The quantitative estimate of drug-likeness (QED) is 0.614. The lowest BCUT2D eigenvalue weighted by molar-refractivity contribution is -0.138. The van der Waals surface area contributed by atoms with Gasteiger partial charge in [-0.05, 0) is 55.9 Å². The van der Waals surface area contributed by atoms with Gasteiger partial charge in [-0.2, -0.15) is 5.10 Å². The van der Waals surface area contributed by atoms with Crippen molar-refractivity contribution in [1.82, 2.24) is 24.1 Å². The second kappa shape index (κ2) is 9.25. The minimum absolute atomic E-state index is 0.0263. The fourth-order valence-corrected chi connectivity index (χ4v) is 4.96. The molecule has 0 bridgehead atoms. The summed E-state index contributed by atoms with van der Waals surface area (Å²) in [5, 5.41) is 4.56. The maximum atomic E-state index is 13.5. The van der Waals surface area contributed by atoms with Crippen molar-refractivity contribution in [3.8, 4) is 11.5 Å². The van der Waals surface area contributed by atoms with Gasteiger partial charge in [-0.3, -0.25) is 9.59 Å². The van der Waals surface area contributed by atoms with Gasteiger partial charge in [0.1, 0.15) is 5.56 Å². The molecule has 2 aliphatic rings. The highest BCUT2D eigenvalue weighted by Crippen LogP contribution is 2.26. The second-order valence-corrected chi connectivity index (χ2v) is 9.29. The highest BCUT2D eigenvalue weighted by atomic mass is 16.2. The number of rotatable bonds is 4. The molecule has 0 spiro atoms. The van der Waals surface area contributed by atoms with Crippen LogP contribution in [0.5, 0.6) is 0 Å². The second-order valence-electron chi connectivity index (χ2n) is 9.29. The zero-order valence-electron chi connectivity index (χ0n) is 19.1. The van der Waals surface area contributed by atoms with Crippen molar-refractivity contribution in [3.63, 3.8) is 0 Å². The number of nitrogens with zero attached hydrogens (tertiary/aromatic N) is 5. The number of likely N-dealkylation sites (tertiary alicyclic amines) is 2. The number of hydrogen-bond acceptors (Lipinski definition) is 3. The Hall–Kier alpha value is -3.35.